The number of nitrogens with zero attached hydrogens (tertiary/aromatic N) is 1. The van der Waals surface area contributed by atoms with Crippen LogP contribution in [0, 0.1) is 5.82 Å². The first kappa shape index (κ1) is 22.1. The van der Waals surface area contributed by atoms with E-state index >= 15 is 0 Å². The van der Waals surface area contributed by atoms with Crippen molar-refractivity contribution in [3.8, 4) is 0 Å². The van der Waals surface area contributed by atoms with Crippen molar-refractivity contribution < 1.29 is 9.50 Å². The molecule has 3 rings (SSSR count). The molecule has 27 heavy (non-hydrogen) atoms. The van der Waals surface area contributed by atoms with Crippen LogP contribution in [-0.4, -0.2) is 30.7 Å². The first-order chi connectivity index (χ1) is 12.5. The lowest BCUT2D eigenvalue weighted by Crippen LogP contribution is -2.42. The number of hydrogen-bond acceptors (Lipinski definition) is 3. The third kappa shape index (κ3) is 5.65. The molecule has 1 aromatic heterocycles. The highest BCUT2D eigenvalue weighted by Crippen LogP contribution is 2.47. The maximum absolute atomic E-state index is 13.5. The van der Waals surface area contributed by atoms with Crippen LogP contribution in [0.3, 0.4) is 0 Å². The lowest BCUT2D eigenvalue weighted by molar-refractivity contribution is 0.0711. The van der Waals surface area contributed by atoms with Crippen LogP contribution in [0.4, 0.5) is 4.39 Å². The van der Waals surface area contributed by atoms with Crippen LogP contribution >= 0.6 is 35.3 Å². The summed E-state index contributed by atoms with van der Waals surface area (Å²) in [6.45, 7) is 5.49. The smallest absolute Gasteiger partial charge is 0.191 e. The average molecular weight is 503 g/mol. The van der Waals surface area contributed by atoms with E-state index in [1.165, 1.54) is 17.4 Å². The van der Waals surface area contributed by atoms with Gasteiger partial charge in [-0.1, -0.05) is 18.2 Å². The summed E-state index contributed by atoms with van der Waals surface area (Å²) in [5.41, 5.74) is 0.0247. The molecule has 0 bridgehead atoms. The average Bonchev–Trinajstić information content (AvgIpc) is 3.19. The van der Waals surface area contributed by atoms with E-state index in [0.717, 1.165) is 29.8 Å². The van der Waals surface area contributed by atoms with Crippen molar-refractivity contribution in [2.75, 3.05) is 19.6 Å². The number of aliphatic imine (C=N–C) groups is 1. The van der Waals surface area contributed by atoms with E-state index in [4.69, 9.17) is 0 Å². The molecule has 3 N–H and O–H groups in total. The minimum Gasteiger partial charge on any atom is -0.383 e. The van der Waals surface area contributed by atoms with E-state index in [-0.39, 0.29) is 41.8 Å². The maximum Gasteiger partial charge on any atom is 0.191 e. The highest BCUT2D eigenvalue weighted by Gasteiger charge is 2.44. The van der Waals surface area contributed by atoms with Crippen molar-refractivity contribution in [3.05, 3.63) is 58.0 Å². The summed E-state index contributed by atoms with van der Waals surface area (Å²) in [6.07, 6.45) is 2.07. The zero-order chi connectivity index (χ0) is 18.6. The van der Waals surface area contributed by atoms with Crippen LogP contribution < -0.4 is 10.6 Å². The molecule has 1 unspecified atom stereocenters. The second-order valence-electron chi connectivity index (χ2n) is 7.09. The summed E-state index contributed by atoms with van der Waals surface area (Å²) in [4.78, 5) is 5.46. The van der Waals surface area contributed by atoms with Crippen molar-refractivity contribution in [2.45, 2.75) is 37.7 Å². The second-order valence-corrected chi connectivity index (χ2v) is 8.04. The van der Waals surface area contributed by atoms with Crippen LogP contribution in [0.2, 0.25) is 0 Å². The van der Waals surface area contributed by atoms with E-state index in [1.807, 2.05) is 30.5 Å². The number of nitrogens with one attached hydrogen (secondary N) is 2. The van der Waals surface area contributed by atoms with Crippen LogP contribution in [0.1, 0.15) is 37.1 Å². The summed E-state index contributed by atoms with van der Waals surface area (Å²) in [5, 5.41) is 19.2. The Morgan fingerprint density at radius 3 is 2.67 bits per heavy atom. The molecule has 0 aliphatic heterocycles. The normalized spacial score (nSPS) is 17.6. The molecular weight excluding hydrogens is 476 g/mol. The molecule has 0 saturated heterocycles. The van der Waals surface area contributed by atoms with Gasteiger partial charge in [0.05, 0.1) is 6.54 Å². The van der Waals surface area contributed by atoms with Gasteiger partial charge in [0.1, 0.15) is 11.4 Å². The standard InChI is InChI=1S/C20H26FN3OS.HI/c1-3-22-18(23-13-19(2,25)17-8-5-11-26-17)24-14-20(9-10-20)15-6-4-7-16(21)12-15;/h4-8,11-12,25H,3,9-10,13-14H2,1-2H3,(H2,22,23,24);1H. The Morgan fingerprint density at radius 1 is 1.30 bits per heavy atom. The molecule has 1 atom stereocenters. The van der Waals surface area contributed by atoms with E-state index in [1.54, 1.807) is 19.1 Å². The van der Waals surface area contributed by atoms with E-state index in [9.17, 15) is 9.50 Å². The summed E-state index contributed by atoms with van der Waals surface area (Å²) >= 11 is 1.53. The van der Waals surface area contributed by atoms with Crippen LogP contribution in [0.25, 0.3) is 0 Å². The molecule has 1 heterocycles. The molecule has 1 saturated carbocycles. The molecular formula is C20H27FIN3OS. The van der Waals surface area contributed by atoms with Gasteiger partial charge in [0.15, 0.2) is 5.96 Å². The van der Waals surface area contributed by atoms with Gasteiger partial charge >= 0.3 is 0 Å². The van der Waals surface area contributed by atoms with E-state index in [0.29, 0.717) is 12.5 Å². The minimum absolute atomic E-state index is 0. The molecule has 148 valence electrons. The van der Waals surface area contributed by atoms with Crippen molar-refractivity contribution in [3.63, 3.8) is 0 Å². The minimum atomic E-state index is -0.990. The van der Waals surface area contributed by atoms with Gasteiger partial charge in [0.25, 0.3) is 0 Å². The van der Waals surface area contributed by atoms with Gasteiger partial charge in [0, 0.05) is 23.4 Å². The predicted octanol–water partition coefficient (Wildman–Crippen LogP) is 4.00. The van der Waals surface area contributed by atoms with Crippen molar-refractivity contribution >= 4 is 41.3 Å². The number of aliphatic hydroxyl groups is 1. The van der Waals surface area contributed by atoms with Gasteiger partial charge in [-0.25, -0.2) is 9.38 Å². The molecule has 0 amide bonds. The largest absolute Gasteiger partial charge is 0.383 e. The number of benzene rings is 1. The fourth-order valence-corrected chi connectivity index (χ4v) is 3.81. The van der Waals surface area contributed by atoms with Crippen molar-refractivity contribution in [2.24, 2.45) is 4.99 Å². The molecule has 7 heteroatoms. The quantitative estimate of drug-likeness (QED) is 0.304. The predicted molar refractivity (Wildman–Crippen MR) is 121 cm³/mol. The van der Waals surface area contributed by atoms with Gasteiger partial charge in [-0.15, -0.1) is 35.3 Å². The highest BCUT2D eigenvalue weighted by atomic mass is 127. The number of thiophene rings is 1. The Labute approximate surface area is 181 Å². The highest BCUT2D eigenvalue weighted by molar-refractivity contribution is 14.0. The Bertz CT molecular complexity index is 760. The molecule has 2 aromatic rings. The molecule has 1 aromatic carbocycles. The lowest BCUT2D eigenvalue weighted by Gasteiger charge is -2.22. The van der Waals surface area contributed by atoms with Gasteiger partial charge in [-0.3, -0.25) is 0 Å². The Hall–Kier alpha value is -1.19. The van der Waals surface area contributed by atoms with E-state index < -0.39 is 5.60 Å². The summed E-state index contributed by atoms with van der Waals surface area (Å²) in [7, 11) is 0. The van der Waals surface area contributed by atoms with Crippen molar-refractivity contribution in [1.82, 2.24) is 10.6 Å². The number of hydrogen-bond donors (Lipinski definition) is 3. The first-order valence-electron chi connectivity index (χ1n) is 9.00. The van der Waals surface area contributed by atoms with Crippen LogP contribution in [0.15, 0.2) is 46.8 Å². The number of halogens is 2. The van der Waals surface area contributed by atoms with Gasteiger partial charge < -0.3 is 15.7 Å². The third-order valence-corrected chi connectivity index (χ3v) is 5.95. The molecule has 1 aliphatic carbocycles. The molecule has 1 fully saturated rings. The molecule has 4 nitrogen and oxygen atoms in total. The van der Waals surface area contributed by atoms with Gasteiger partial charge in [-0.2, -0.15) is 0 Å². The number of rotatable bonds is 7. The first-order valence-corrected chi connectivity index (χ1v) is 9.88. The van der Waals surface area contributed by atoms with Crippen LogP contribution in [0.5, 0.6) is 0 Å². The topological polar surface area (TPSA) is 56.7 Å². The number of guanidine groups is 1. The SMILES string of the molecule is CCNC(=NCC(C)(O)c1cccs1)NCC1(c2cccc(F)c2)CC1.I. The lowest BCUT2D eigenvalue weighted by atomic mass is 9.96. The molecule has 0 radical (unpaired) electrons. The summed E-state index contributed by atoms with van der Waals surface area (Å²) < 4.78 is 13.5. The van der Waals surface area contributed by atoms with Gasteiger partial charge in [-0.05, 0) is 55.8 Å². The Morgan fingerprint density at radius 2 is 2.07 bits per heavy atom. The van der Waals surface area contributed by atoms with E-state index in [2.05, 4.69) is 15.6 Å². The second kappa shape index (κ2) is 9.34. The van der Waals surface area contributed by atoms with Crippen LogP contribution in [-0.2, 0) is 11.0 Å². The molecule has 1 aliphatic rings. The monoisotopic (exact) mass is 503 g/mol. The van der Waals surface area contributed by atoms with Crippen molar-refractivity contribution in [1.29, 1.82) is 0 Å². The zero-order valence-corrected chi connectivity index (χ0v) is 18.8. The summed E-state index contributed by atoms with van der Waals surface area (Å²) in [5.74, 6) is 0.480. The zero-order valence-electron chi connectivity index (χ0n) is 15.7. The summed E-state index contributed by atoms with van der Waals surface area (Å²) in [6, 6.07) is 10.7. The molecule has 0 spiro atoms. The Kier molecular flexibility index (Phi) is 7.64. The fraction of sp³-hybridized carbons (Fsp3) is 0.450. The van der Waals surface area contributed by atoms with Gasteiger partial charge in [0.2, 0.25) is 0 Å². The fourth-order valence-electron chi connectivity index (χ4n) is 3.03. The maximum atomic E-state index is 13.5. The third-order valence-electron chi connectivity index (χ3n) is 4.83. The Balaban J connectivity index is 0.00000261.